The topological polar surface area (TPSA) is 122 Å². The number of rotatable bonds is 9. The molecule has 0 atom stereocenters. The van der Waals surface area contributed by atoms with Gasteiger partial charge in [-0.1, -0.05) is 0 Å². The number of hydrogen-bond acceptors (Lipinski definition) is 9. The molecule has 2 heterocycles. The highest BCUT2D eigenvalue weighted by molar-refractivity contribution is 7.93. The van der Waals surface area contributed by atoms with Gasteiger partial charge in [-0.05, 0) is 55.5 Å². The number of nitrogens with one attached hydrogen (secondary N) is 3. The number of benzene rings is 2. The van der Waals surface area contributed by atoms with Gasteiger partial charge in [0.25, 0.3) is 15.9 Å². The maximum absolute atomic E-state index is 12.5. The van der Waals surface area contributed by atoms with Crippen LogP contribution < -0.4 is 20.1 Å². The lowest BCUT2D eigenvalue weighted by molar-refractivity contribution is 0.102. The van der Waals surface area contributed by atoms with Gasteiger partial charge in [0.05, 0.1) is 11.5 Å². The minimum Gasteiger partial charge on any atom is -0.494 e. The molecule has 0 aliphatic carbocycles. The van der Waals surface area contributed by atoms with Crippen molar-refractivity contribution >= 4 is 60.2 Å². The highest BCUT2D eigenvalue weighted by atomic mass is 32.2. The lowest BCUT2D eigenvalue weighted by Gasteiger charge is -2.07. The van der Waals surface area contributed by atoms with E-state index >= 15 is 0 Å². The van der Waals surface area contributed by atoms with E-state index in [1.54, 1.807) is 10.8 Å². The second kappa shape index (κ2) is 9.98. The number of aromatic nitrogens is 2. The first-order valence-corrected chi connectivity index (χ1v) is 13.0. The first kappa shape index (κ1) is 22.7. The maximum atomic E-state index is 12.5. The van der Waals surface area contributed by atoms with Crippen LogP contribution in [0.5, 0.6) is 5.75 Å². The van der Waals surface area contributed by atoms with Crippen molar-refractivity contribution in [3.05, 3.63) is 71.2 Å². The Labute approximate surface area is 198 Å². The molecule has 0 aliphatic rings. The van der Waals surface area contributed by atoms with E-state index in [1.165, 1.54) is 53.1 Å². The molecule has 1 amide bonds. The number of nitrogens with zero attached hydrogens (tertiary/aromatic N) is 2. The zero-order valence-electron chi connectivity index (χ0n) is 17.3. The van der Waals surface area contributed by atoms with E-state index < -0.39 is 15.9 Å². The van der Waals surface area contributed by atoms with Gasteiger partial charge in [-0.2, -0.15) is 0 Å². The Morgan fingerprint density at radius 1 is 1.00 bits per heavy atom. The molecule has 9 nitrogen and oxygen atoms in total. The summed E-state index contributed by atoms with van der Waals surface area (Å²) < 4.78 is 32.6. The predicted octanol–water partition coefficient (Wildman–Crippen LogP) is 4.80. The predicted molar refractivity (Wildman–Crippen MR) is 130 cm³/mol. The van der Waals surface area contributed by atoms with E-state index in [9.17, 15) is 13.2 Å². The lowest BCUT2D eigenvalue weighted by Crippen LogP contribution is -2.14. The number of anilines is 4. The van der Waals surface area contributed by atoms with Crippen molar-refractivity contribution in [2.24, 2.45) is 0 Å². The van der Waals surface area contributed by atoms with Crippen LogP contribution >= 0.6 is 22.7 Å². The summed E-state index contributed by atoms with van der Waals surface area (Å²) in [5.41, 5.74) is 1.51. The number of carbonyl (C=O) groups excluding carboxylic acids is 1. The molecule has 4 rings (SSSR count). The summed E-state index contributed by atoms with van der Waals surface area (Å²) in [6.07, 6.45) is 1.51. The highest BCUT2D eigenvalue weighted by Crippen LogP contribution is 2.24. The van der Waals surface area contributed by atoms with Crippen LogP contribution in [0.15, 0.2) is 70.4 Å². The SMILES string of the molecule is CCOc1ccc(Nc2nc(C(=O)Nc3ccc(S(=O)(=O)Nc4nccs4)cc3)cs2)cc1. The van der Waals surface area contributed by atoms with Crippen LogP contribution in [-0.2, 0) is 10.0 Å². The van der Waals surface area contributed by atoms with Gasteiger partial charge in [0.15, 0.2) is 10.3 Å². The van der Waals surface area contributed by atoms with Gasteiger partial charge in [0.1, 0.15) is 11.4 Å². The van der Waals surface area contributed by atoms with Crippen molar-refractivity contribution in [3.8, 4) is 5.75 Å². The number of thiazole rings is 2. The summed E-state index contributed by atoms with van der Waals surface area (Å²) in [6.45, 7) is 2.52. The van der Waals surface area contributed by atoms with E-state index in [4.69, 9.17) is 4.74 Å². The average molecular weight is 502 g/mol. The number of ether oxygens (including phenoxy) is 1. The fraction of sp³-hybridized carbons (Fsp3) is 0.0952. The normalized spacial score (nSPS) is 11.1. The van der Waals surface area contributed by atoms with Crippen LogP contribution in [0.4, 0.5) is 21.6 Å². The first-order valence-electron chi connectivity index (χ1n) is 9.72. The fourth-order valence-electron chi connectivity index (χ4n) is 2.72. The summed E-state index contributed by atoms with van der Waals surface area (Å²) in [5.74, 6) is 0.377. The largest absolute Gasteiger partial charge is 0.494 e. The van der Waals surface area contributed by atoms with Crippen LogP contribution in [0.2, 0.25) is 0 Å². The third kappa shape index (κ3) is 5.86. The standard InChI is InChI=1S/C21H19N5O4S3/c1-2-30-16-7-3-15(4-8-16)24-21-25-18(13-32-21)19(27)23-14-5-9-17(10-6-14)33(28,29)26-20-22-11-12-31-20/h3-13H,2H2,1H3,(H,22,26)(H,23,27)(H,24,25). The number of sulfonamides is 1. The molecule has 0 spiro atoms. The van der Waals surface area contributed by atoms with E-state index in [0.29, 0.717) is 17.4 Å². The molecule has 0 radical (unpaired) electrons. The molecule has 12 heteroatoms. The average Bonchev–Trinajstić information content (AvgIpc) is 3.48. The monoisotopic (exact) mass is 501 g/mol. The number of hydrogen-bond donors (Lipinski definition) is 3. The molecule has 2 aromatic heterocycles. The number of carbonyl (C=O) groups is 1. The molecule has 0 unspecified atom stereocenters. The second-order valence-corrected chi connectivity index (χ2v) is 9.98. The fourth-order valence-corrected chi connectivity index (χ4v) is 5.22. The molecule has 0 saturated carbocycles. The molecule has 2 aromatic carbocycles. The summed E-state index contributed by atoms with van der Waals surface area (Å²) in [7, 11) is -3.75. The Bertz CT molecular complexity index is 1320. The van der Waals surface area contributed by atoms with Gasteiger partial charge in [-0.3, -0.25) is 9.52 Å². The Morgan fingerprint density at radius 2 is 1.73 bits per heavy atom. The molecule has 0 aliphatic heterocycles. The smallest absolute Gasteiger partial charge is 0.275 e. The molecule has 0 saturated heterocycles. The first-order chi connectivity index (χ1) is 15.9. The molecule has 170 valence electrons. The zero-order chi connectivity index (χ0) is 23.3. The van der Waals surface area contributed by atoms with Crippen molar-refractivity contribution in [2.75, 3.05) is 22.0 Å². The number of amides is 1. The van der Waals surface area contributed by atoms with Crippen LogP contribution in [0, 0.1) is 0 Å². The Hall–Kier alpha value is -3.48. The summed E-state index contributed by atoms with van der Waals surface area (Å²) in [5, 5.41) is 10.0. The second-order valence-electron chi connectivity index (χ2n) is 6.54. The molecule has 0 bridgehead atoms. The van der Waals surface area contributed by atoms with Crippen molar-refractivity contribution in [3.63, 3.8) is 0 Å². The highest BCUT2D eigenvalue weighted by Gasteiger charge is 2.16. The van der Waals surface area contributed by atoms with Crippen molar-refractivity contribution < 1.29 is 17.9 Å². The van der Waals surface area contributed by atoms with Gasteiger partial charge in [-0.15, -0.1) is 22.7 Å². The molecule has 4 aromatic rings. The summed E-state index contributed by atoms with van der Waals surface area (Å²) in [6, 6.07) is 13.3. The summed E-state index contributed by atoms with van der Waals surface area (Å²) >= 11 is 2.48. The Balaban J connectivity index is 1.37. The molecule has 3 N–H and O–H groups in total. The minimum atomic E-state index is -3.75. The van der Waals surface area contributed by atoms with Crippen molar-refractivity contribution in [2.45, 2.75) is 11.8 Å². The zero-order valence-corrected chi connectivity index (χ0v) is 19.8. The van der Waals surface area contributed by atoms with Gasteiger partial charge in [-0.25, -0.2) is 18.4 Å². The summed E-state index contributed by atoms with van der Waals surface area (Å²) in [4.78, 5) is 20.8. The van der Waals surface area contributed by atoms with Gasteiger partial charge in [0, 0.05) is 28.3 Å². The molecular weight excluding hydrogens is 482 g/mol. The molecular formula is C21H19N5O4S3. The van der Waals surface area contributed by atoms with Gasteiger partial charge in [0.2, 0.25) is 0 Å². The Morgan fingerprint density at radius 3 is 2.39 bits per heavy atom. The van der Waals surface area contributed by atoms with Crippen LogP contribution in [-0.4, -0.2) is 30.9 Å². The molecule has 0 fully saturated rings. The van der Waals surface area contributed by atoms with Crippen LogP contribution in [0.1, 0.15) is 17.4 Å². The van der Waals surface area contributed by atoms with E-state index in [1.807, 2.05) is 31.2 Å². The van der Waals surface area contributed by atoms with E-state index in [-0.39, 0.29) is 15.7 Å². The van der Waals surface area contributed by atoms with E-state index in [2.05, 4.69) is 25.3 Å². The van der Waals surface area contributed by atoms with E-state index in [0.717, 1.165) is 11.4 Å². The third-order valence-corrected chi connectivity index (χ3v) is 7.16. The minimum absolute atomic E-state index is 0.0613. The quantitative estimate of drug-likeness (QED) is 0.301. The van der Waals surface area contributed by atoms with Gasteiger partial charge < -0.3 is 15.4 Å². The lowest BCUT2D eigenvalue weighted by atomic mass is 10.3. The third-order valence-electron chi connectivity index (χ3n) is 4.23. The molecule has 33 heavy (non-hydrogen) atoms. The Kier molecular flexibility index (Phi) is 6.87. The maximum Gasteiger partial charge on any atom is 0.275 e. The van der Waals surface area contributed by atoms with Crippen molar-refractivity contribution in [1.82, 2.24) is 9.97 Å². The van der Waals surface area contributed by atoms with Gasteiger partial charge >= 0.3 is 0 Å². The van der Waals surface area contributed by atoms with Crippen LogP contribution in [0.3, 0.4) is 0 Å². The van der Waals surface area contributed by atoms with Crippen molar-refractivity contribution in [1.29, 1.82) is 0 Å². The van der Waals surface area contributed by atoms with Crippen LogP contribution in [0.25, 0.3) is 0 Å².